The van der Waals surface area contributed by atoms with E-state index in [2.05, 4.69) is 26.2 Å². The lowest BCUT2D eigenvalue weighted by Gasteiger charge is -2.10. The summed E-state index contributed by atoms with van der Waals surface area (Å²) in [6.45, 7) is 1.93. The number of hydrogen-bond acceptors (Lipinski definition) is 3. The van der Waals surface area contributed by atoms with Crippen molar-refractivity contribution in [3.63, 3.8) is 0 Å². The molecule has 1 aromatic carbocycles. The van der Waals surface area contributed by atoms with E-state index in [-0.39, 0.29) is 5.91 Å². The van der Waals surface area contributed by atoms with Crippen molar-refractivity contribution in [2.75, 3.05) is 12.4 Å². The molecule has 0 atom stereocenters. The highest BCUT2D eigenvalue weighted by atomic mass is 79.9. The summed E-state index contributed by atoms with van der Waals surface area (Å²) in [6, 6.07) is 9.02. The first-order chi connectivity index (χ1) is 9.10. The second kappa shape index (κ2) is 5.84. The first-order valence-corrected chi connectivity index (χ1v) is 6.47. The number of pyridine rings is 1. The number of carbonyl (C=O) groups is 1. The maximum absolute atomic E-state index is 12.2. The lowest BCUT2D eigenvalue weighted by atomic mass is 10.1. The minimum absolute atomic E-state index is 0.218. The highest BCUT2D eigenvalue weighted by Gasteiger charge is 2.12. The van der Waals surface area contributed by atoms with Crippen molar-refractivity contribution >= 4 is 27.5 Å². The average molecular weight is 321 g/mol. The Hall–Kier alpha value is -1.88. The van der Waals surface area contributed by atoms with Crippen LogP contribution in [0.25, 0.3) is 0 Å². The van der Waals surface area contributed by atoms with Crippen molar-refractivity contribution < 1.29 is 9.53 Å². The maximum Gasteiger partial charge on any atom is 0.259 e. The van der Waals surface area contributed by atoms with Gasteiger partial charge in [-0.1, -0.05) is 11.6 Å². The number of carbonyl (C=O) groups excluding carboxylic acids is 1. The highest BCUT2D eigenvalue weighted by molar-refractivity contribution is 9.10. The normalized spacial score (nSPS) is 10.1. The standard InChI is InChI=1S/C14H13BrN2O2/c1-9-3-5-12(19-2)11(7-9)14(18)17-10-4-6-13(15)16-8-10/h3-8H,1-2H3,(H,17,18). The van der Waals surface area contributed by atoms with Crippen molar-refractivity contribution in [2.45, 2.75) is 6.92 Å². The zero-order valence-electron chi connectivity index (χ0n) is 10.6. The lowest BCUT2D eigenvalue weighted by Crippen LogP contribution is -2.13. The highest BCUT2D eigenvalue weighted by Crippen LogP contribution is 2.21. The molecule has 98 valence electrons. The summed E-state index contributed by atoms with van der Waals surface area (Å²) in [5.74, 6) is 0.331. The molecule has 0 aliphatic heterocycles. The third-order valence-corrected chi connectivity index (χ3v) is 3.05. The first-order valence-electron chi connectivity index (χ1n) is 5.67. The molecule has 0 bridgehead atoms. The Labute approximate surface area is 119 Å². The van der Waals surface area contributed by atoms with Crippen LogP contribution in [0.2, 0.25) is 0 Å². The molecule has 0 radical (unpaired) electrons. The molecule has 0 aliphatic rings. The number of aryl methyl sites for hydroxylation is 1. The zero-order valence-corrected chi connectivity index (χ0v) is 12.2. The average Bonchev–Trinajstić information content (AvgIpc) is 2.41. The van der Waals surface area contributed by atoms with Gasteiger partial charge >= 0.3 is 0 Å². The minimum atomic E-state index is -0.218. The molecule has 1 heterocycles. The van der Waals surface area contributed by atoms with Gasteiger partial charge in [0.1, 0.15) is 10.4 Å². The van der Waals surface area contributed by atoms with E-state index in [1.807, 2.05) is 13.0 Å². The van der Waals surface area contributed by atoms with Gasteiger partial charge in [-0.15, -0.1) is 0 Å². The summed E-state index contributed by atoms with van der Waals surface area (Å²) in [5.41, 5.74) is 2.14. The Kier molecular flexibility index (Phi) is 4.16. The van der Waals surface area contributed by atoms with Gasteiger partial charge in [-0.2, -0.15) is 0 Å². The van der Waals surface area contributed by atoms with E-state index < -0.39 is 0 Å². The second-order valence-electron chi connectivity index (χ2n) is 4.03. The van der Waals surface area contributed by atoms with Crippen molar-refractivity contribution in [1.29, 1.82) is 0 Å². The Morgan fingerprint density at radius 2 is 2.11 bits per heavy atom. The van der Waals surface area contributed by atoms with Crippen molar-refractivity contribution in [1.82, 2.24) is 4.98 Å². The van der Waals surface area contributed by atoms with Crippen LogP contribution in [0.4, 0.5) is 5.69 Å². The van der Waals surface area contributed by atoms with E-state index in [1.54, 1.807) is 37.6 Å². The van der Waals surface area contributed by atoms with E-state index in [1.165, 1.54) is 0 Å². The van der Waals surface area contributed by atoms with Crippen molar-refractivity contribution in [3.05, 3.63) is 52.3 Å². The van der Waals surface area contributed by atoms with Crippen molar-refractivity contribution in [3.8, 4) is 5.75 Å². The predicted octanol–water partition coefficient (Wildman–Crippen LogP) is 3.41. The molecule has 2 aromatic rings. The number of benzene rings is 1. The fraction of sp³-hybridized carbons (Fsp3) is 0.143. The molecule has 5 heteroatoms. The van der Waals surface area contributed by atoms with Gasteiger partial charge in [-0.3, -0.25) is 4.79 Å². The number of ether oxygens (including phenoxy) is 1. The summed E-state index contributed by atoms with van der Waals surface area (Å²) in [5, 5.41) is 2.79. The topological polar surface area (TPSA) is 51.2 Å². The van der Waals surface area contributed by atoms with Crippen LogP contribution in [-0.4, -0.2) is 18.0 Å². The minimum Gasteiger partial charge on any atom is -0.496 e. The molecule has 1 N–H and O–H groups in total. The van der Waals surface area contributed by atoms with Gasteiger partial charge < -0.3 is 10.1 Å². The molecular formula is C14H13BrN2O2. The number of anilines is 1. The molecule has 0 fully saturated rings. The molecule has 4 nitrogen and oxygen atoms in total. The Morgan fingerprint density at radius 1 is 1.32 bits per heavy atom. The molecule has 0 aliphatic carbocycles. The van der Waals surface area contributed by atoms with E-state index in [4.69, 9.17) is 4.74 Å². The van der Waals surface area contributed by atoms with Gasteiger partial charge in [-0.05, 0) is 47.1 Å². The molecule has 0 spiro atoms. The number of methoxy groups -OCH3 is 1. The Balaban J connectivity index is 2.24. The van der Waals surface area contributed by atoms with E-state index in [0.717, 1.165) is 10.2 Å². The predicted molar refractivity (Wildman–Crippen MR) is 77.6 cm³/mol. The largest absolute Gasteiger partial charge is 0.496 e. The smallest absolute Gasteiger partial charge is 0.259 e. The van der Waals surface area contributed by atoms with Crippen LogP contribution in [0.1, 0.15) is 15.9 Å². The molecule has 2 rings (SSSR count). The summed E-state index contributed by atoms with van der Waals surface area (Å²) < 4.78 is 5.92. The van der Waals surface area contributed by atoms with Crippen LogP contribution in [0.3, 0.4) is 0 Å². The van der Waals surface area contributed by atoms with Gasteiger partial charge in [-0.25, -0.2) is 4.98 Å². The lowest BCUT2D eigenvalue weighted by molar-refractivity contribution is 0.102. The van der Waals surface area contributed by atoms with Crippen LogP contribution in [0.5, 0.6) is 5.75 Å². The van der Waals surface area contributed by atoms with Crippen LogP contribution in [0, 0.1) is 6.92 Å². The zero-order chi connectivity index (χ0) is 13.8. The van der Waals surface area contributed by atoms with Gasteiger partial charge in [0.2, 0.25) is 0 Å². The first kappa shape index (κ1) is 13.5. The van der Waals surface area contributed by atoms with E-state index in [0.29, 0.717) is 17.0 Å². The fourth-order valence-electron chi connectivity index (χ4n) is 1.65. The molecule has 1 amide bonds. The number of rotatable bonds is 3. The number of halogens is 1. The molecule has 1 aromatic heterocycles. The Bertz CT molecular complexity index is 597. The summed E-state index contributed by atoms with van der Waals surface area (Å²) in [6.07, 6.45) is 1.59. The van der Waals surface area contributed by atoms with Crippen LogP contribution < -0.4 is 10.1 Å². The van der Waals surface area contributed by atoms with Gasteiger partial charge in [0.05, 0.1) is 24.6 Å². The fourth-order valence-corrected chi connectivity index (χ4v) is 1.88. The van der Waals surface area contributed by atoms with Crippen LogP contribution in [-0.2, 0) is 0 Å². The molecule has 0 saturated carbocycles. The maximum atomic E-state index is 12.2. The third-order valence-electron chi connectivity index (χ3n) is 2.58. The van der Waals surface area contributed by atoms with Gasteiger partial charge in [0, 0.05) is 0 Å². The molecule has 0 unspecified atom stereocenters. The van der Waals surface area contributed by atoms with Crippen LogP contribution >= 0.6 is 15.9 Å². The second-order valence-corrected chi connectivity index (χ2v) is 4.84. The Morgan fingerprint density at radius 3 is 2.74 bits per heavy atom. The van der Waals surface area contributed by atoms with E-state index >= 15 is 0 Å². The monoisotopic (exact) mass is 320 g/mol. The quantitative estimate of drug-likeness (QED) is 0.882. The molecule has 0 saturated heterocycles. The number of nitrogens with zero attached hydrogens (tertiary/aromatic N) is 1. The number of amides is 1. The van der Waals surface area contributed by atoms with Gasteiger partial charge in [0.15, 0.2) is 0 Å². The number of aromatic nitrogens is 1. The molecule has 19 heavy (non-hydrogen) atoms. The van der Waals surface area contributed by atoms with Crippen molar-refractivity contribution in [2.24, 2.45) is 0 Å². The number of hydrogen-bond donors (Lipinski definition) is 1. The summed E-state index contributed by atoms with van der Waals surface area (Å²) in [4.78, 5) is 16.3. The number of nitrogens with one attached hydrogen (secondary N) is 1. The van der Waals surface area contributed by atoms with Crippen LogP contribution in [0.15, 0.2) is 41.1 Å². The molecular weight excluding hydrogens is 308 g/mol. The summed E-state index contributed by atoms with van der Waals surface area (Å²) >= 11 is 3.25. The SMILES string of the molecule is COc1ccc(C)cc1C(=O)Nc1ccc(Br)nc1. The third kappa shape index (κ3) is 3.32. The summed E-state index contributed by atoms with van der Waals surface area (Å²) in [7, 11) is 1.54. The van der Waals surface area contributed by atoms with E-state index in [9.17, 15) is 4.79 Å². The van der Waals surface area contributed by atoms with Gasteiger partial charge in [0.25, 0.3) is 5.91 Å².